The molecule has 5 rings (SSSR count). The van der Waals surface area contributed by atoms with Gasteiger partial charge in [-0.15, -0.1) is 0 Å². The van der Waals surface area contributed by atoms with Crippen LogP contribution in [0.1, 0.15) is 32.1 Å². The molecule has 0 aromatic carbocycles. The molecule has 0 amide bonds. The van der Waals surface area contributed by atoms with Crippen LogP contribution >= 0.6 is 38.5 Å². The van der Waals surface area contributed by atoms with Gasteiger partial charge in [0.25, 0.3) is 0 Å². The Morgan fingerprint density at radius 2 is 2.26 bits per heavy atom. The Balaban J connectivity index is 1.42. The largest absolute Gasteiger partial charge is 0.396 e. The van der Waals surface area contributed by atoms with Gasteiger partial charge in [0.1, 0.15) is 11.6 Å². The number of hydrogen-bond acceptors (Lipinski definition) is 7. The van der Waals surface area contributed by atoms with Gasteiger partial charge < -0.3 is 20.6 Å². The summed E-state index contributed by atoms with van der Waals surface area (Å²) in [7, 11) is 0. The number of halogens is 2. The van der Waals surface area contributed by atoms with Gasteiger partial charge in [0.15, 0.2) is 9.19 Å². The van der Waals surface area contributed by atoms with Crippen LogP contribution in [0, 0.1) is 0 Å². The average Bonchev–Trinajstić information content (AvgIpc) is 3.34. The molecule has 1 fully saturated rings. The molecule has 8 nitrogen and oxygen atoms in total. The Hall–Kier alpha value is -1.66. The fourth-order valence-electron chi connectivity index (χ4n) is 4.54. The van der Waals surface area contributed by atoms with Crippen molar-refractivity contribution < 1.29 is 5.11 Å². The Kier molecular flexibility index (Phi) is 5.95. The van der Waals surface area contributed by atoms with Gasteiger partial charge in [-0.25, -0.2) is 4.98 Å². The molecule has 2 aromatic heterocycles. The number of nitrogens with zero attached hydrogens (tertiary/aromatic N) is 5. The number of hydrogen-bond donors (Lipinski definition) is 3. The highest BCUT2D eigenvalue weighted by Gasteiger charge is 2.36. The molecule has 4 heterocycles. The van der Waals surface area contributed by atoms with Gasteiger partial charge in [-0.1, -0.05) is 6.08 Å². The number of rotatable bonds is 6. The summed E-state index contributed by atoms with van der Waals surface area (Å²) in [5.41, 5.74) is 3.22. The van der Waals surface area contributed by atoms with E-state index in [0.717, 1.165) is 59.7 Å². The predicted molar refractivity (Wildman–Crippen MR) is 135 cm³/mol. The van der Waals surface area contributed by atoms with Crippen molar-refractivity contribution in [1.82, 2.24) is 19.9 Å². The van der Waals surface area contributed by atoms with Crippen LogP contribution in [0.25, 0.3) is 5.65 Å². The van der Waals surface area contributed by atoms with E-state index >= 15 is 0 Å². The zero-order chi connectivity index (χ0) is 21.4. The number of anilines is 2. The van der Waals surface area contributed by atoms with Gasteiger partial charge in [0.05, 0.1) is 22.7 Å². The summed E-state index contributed by atoms with van der Waals surface area (Å²) in [6.07, 6.45) is 12.9. The number of fused-ring (bicyclic) bond motifs is 2. The second kappa shape index (κ2) is 8.70. The lowest BCUT2D eigenvalue weighted by Gasteiger charge is -2.36. The van der Waals surface area contributed by atoms with Gasteiger partial charge in [0.2, 0.25) is 0 Å². The number of piperidine rings is 1. The minimum atomic E-state index is -0.220. The quantitative estimate of drug-likeness (QED) is 0.268. The zero-order valence-electron chi connectivity index (χ0n) is 17.1. The van der Waals surface area contributed by atoms with Crippen molar-refractivity contribution in [2.45, 2.75) is 41.7 Å². The molecule has 164 valence electrons. The van der Waals surface area contributed by atoms with Crippen LogP contribution in [0.15, 0.2) is 45.2 Å². The van der Waals surface area contributed by atoms with Crippen molar-refractivity contribution in [2.75, 3.05) is 29.9 Å². The van der Waals surface area contributed by atoms with E-state index in [1.807, 2.05) is 4.52 Å². The first-order chi connectivity index (χ1) is 15.1. The minimum absolute atomic E-state index is 0.198. The van der Waals surface area contributed by atoms with E-state index < -0.39 is 0 Å². The van der Waals surface area contributed by atoms with Crippen LogP contribution in [-0.4, -0.2) is 55.3 Å². The summed E-state index contributed by atoms with van der Waals surface area (Å²) in [6.45, 7) is 1.87. The molecule has 3 N–H and O–H groups in total. The van der Waals surface area contributed by atoms with Crippen LogP contribution in [0.3, 0.4) is 0 Å². The minimum Gasteiger partial charge on any atom is -0.396 e. The fourth-order valence-corrected chi connectivity index (χ4v) is 5.85. The molecular formula is C21H25BrIN7O. The number of alkyl halides is 1. The second-order valence-electron chi connectivity index (χ2n) is 8.18. The van der Waals surface area contributed by atoms with Crippen molar-refractivity contribution in [2.24, 2.45) is 4.99 Å². The standard InChI is InChI=1S/C21H25BrIN7O/c22-16-12-27-30-18(24-11-14-4-5-17-21(23,10-14)26-13-25-17)9-19(28-20(16)30)29-7-2-1-3-15(29)6-8-31/h4-5,9,12-13,15,24,31H,1-3,6-8,10-11H2,(H,25,26)/t15-,21+/m0/s1. The van der Waals surface area contributed by atoms with Crippen molar-refractivity contribution in [3.63, 3.8) is 0 Å². The summed E-state index contributed by atoms with van der Waals surface area (Å²) in [6, 6.07) is 2.40. The number of allylic oxidation sites excluding steroid dienone is 2. The van der Waals surface area contributed by atoms with Crippen LogP contribution in [0.2, 0.25) is 0 Å². The van der Waals surface area contributed by atoms with E-state index in [4.69, 9.17) is 4.98 Å². The monoisotopic (exact) mass is 597 g/mol. The summed E-state index contributed by atoms with van der Waals surface area (Å²) in [5, 5.41) is 20.8. The average molecular weight is 598 g/mol. The summed E-state index contributed by atoms with van der Waals surface area (Å²) >= 11 is 6.01. The first-order valence-corrected chi connectivity index (χ1v) is 12.5. The maximum absolute atomic E-state index is 9.53. The van der Waals surface area contributed by atoms with Crippen molar-refractivity contribution in [3.8, 4) is 0 Å². The molecule has 3 aliphatic rings. The molecular weight excluding hydrogens is 573 g/mol. The van der Waals surface area contributed by atoms with Gasteiger partial charge in [-0.3, -0.25) is 4.99 Å². The lowest BCUT2D eigenvalue weighted by Crippen LogP contribution is -2.40. The molecule has 0 bridgehead atoms. The van der Waals surface area contributed by atoms with Gasteiger partial charge >= 0.3 is 0 Å². The number of aliphatic hydroxyl groups excluding tert-OH is 1. The molecule has 10 heteroatoms. The van der Waals surface area contributed by atoms with Gasteiger partial charge in [0, 0.05) is 38.2 Å². The zero-order valence-corrected chi connectivity index (χ0v) is 20.8. The molecule has 0 saturated carbocycles. The SMILES string of the molecule is OCC[C@@H]1CCCCN1c1cc(NCC2=CC=C3NC=N[C@]3(I)C2)n2ncc(Br)c2n1. The molecule has 0 unspecified atom stereocenters. The molecule has 2 atom stereocenters. The number of aliphatic imine (C=N–C) groups is 1. The normalized spacial score (nSPS) is 25.3. The highest BCUT2D eigenvalue weighted by molar-refractivity contribution is 14.1. The summed E-state index contributed by atoms with van der Waals surface area (Å²) in [4.78, 5) is 11.9. The molecule has 1 aliphatic carbocycles. The third-order valence-corrected chi connectivity index (χ3v) is 7.94. The maximum Gasteiger partial charge on any atom is 0.173 e. The van der Waals surface area contributed by atoms with E-state index in [0.29, 0.717) is 12.6 Å². The number of aliphatic hydroxyl groups is 1. The van der Waals surface area contributed by atoms with Crippen LogP contribution in [0.5, 0.6) is 0 Å². The Labute approximate surface area is 203 Å². The Bertz CT molecular complexity index is 1080. The highest BCUT2D eigenvalue weighted by atomic mass is 127. The molecule has 2 aromatic rings. The summed E-state index contributed by atoms with van der Waals surface area (Å²) < 4.78 is 2.50. The Morgan fingerprint density at radius 3 is 3.13 bits per heavy atom. The lowest BCUT2D eigenvalue weighted by atomic mass is 9.98. The smallest absolute Gasteiger partial charge is 0.173 e. The highest BCUT2D eigenvalue weighted by Crippen LogP contribution is 2.40. The molecule has 1 saturated heterocycles. The van der Waals surface area contributed by atoms with Crippen LogP contribution in [-0.2, 0) is 0 Å². The molecule has 2 aliphatic heterocycles. The number of aromatic nitrogens is 3. The third kappa shape index (κ3) is 4.09. The van der Waals surface area contributed by atoms with E-state index in [9.17, 15) is 5.11 Å². The number of nitrogens with one attached hydrogen (secondary N) is 2. The van der Waals surface area contributed by atoms with Crippen LogP contribution in [0.4, 0.5) is 11.6 Å². The molecule has 0 spiro atoms. The molecule has 31 heavy (non-hydrogen) atoms. The van der Waals surface area contributed by atoms with Crippen molar-refractivity contribution in [3.05, 3.63) is 40.2 Å². The van der Waals surface area contributed by atoms with E-state index in [2.05, 4.69) is 82.4 Å². The van der Waals surface area contributed by atoms with Crippen molar-refractivity contribution in [1.29, 1.82) is 0 Å². The van der Waals surface area contributed by atoms with Crippen molar-refractivity contribution >= 4 is 62.1 Å². The van der Waals surface area contributed by atoms with E-state index in [-0.39, 0.29) is 10.2 Å². The van der Waals surface area contributed by atoms with Crippen LogP contribution < -0.4 is 15.5 Å². The topological polar surface area (TPSA) is 90.1 Å². The van der Waals surface area contributed by atoms with Gasteiger partial charge in [-0.2, -0.15) is 9.61 Å². The second-order valence-corrected chi connectivity index (χ2v) is 10.8. The van der Waals surface area contributed by atoms with Gasteiger partial charge in [-0.05, 0) is 75.9 Å². The fraction of sp³-hybridized carbons (Fsp3) is 0.476. The maximum atomic E-state index is 9.53. The summed E-state index contributed by atoms with van der Waals surface area (Å²) in [5.74, 6) is 1.84. The third-order valence-electron chi connectivity index (χ3n) is 6.14. The molecule has 0 radical (unpaired) electrons. The first kappa shape index (κ1) is 21.2. The Morgan fingerprint density at radius 1 is 1.35 bits per heavy atom. The lowest BCUT2D eigenvalue weighted by molar-refractivity contribution is 0.262. The van der Waals surface area contributed by atoms with E-state index in [1.54, 1.807) is 12.5 Å². The predicted octanol–water partition coefficient (Wildman–Crippen LogP) is 3.62. The first-order valence-electron chi connectivity index (χ1n) is 10.6. The van der Waals surface area contributed by atoms with E-state index in [1.165, 1.54) is 12.0 Å².